The van der Waals surface area contributed by atoms with Gasteiger partial charge in [0, 0.05) is 23.4 Å². The first-order valence-electron chi connectivity index (χ1n) is 9.86. The zero-order valence-corrected chi connectivity index (χ0v) is 17.0. The van der Waals surface area contributed by atoms with E-state index in [0.29, 0.717) is 33.9 Å². The fourth-order valence-corrected chi connectivity index (χ4v) is 3.81. The van der Waals surface area contributed by atoms with Crippen LogP contribution in [0.25, 0.3) is 0 Å². The molecule has 5 rings (SSSR count). The molecule has 0 aliphatic carbocycles. The van der Waals surface area contributed by atoms with Crippen molar-refractivity contribution >= 4 is 23.5 Å². The van der Waals surface area contributed by atoms with E-state index in [0.717, 1.165) is 0 Å². The third-order valence-corrected chi connectivity index (χ3v) is 5.49. The maximum atomic E-state index is 13.4. The molecule has 160 valence electrons. The Labute approximate surface area is 183 Å². The number of non-ortho nitro benzene ring substituents is 1. The maximum absolute atomic E-state index is 13.4. The number of carbonyl (C=O) groups is 1. The summed E-state index contributed by atoms with van der Waals surface area (Å²) in [5.41, 5.74) is 1.08. The van der Waals surface area contributed by atoms with Crippen molar-refractivity contribution in [3.63, 3.8) is 0 Å². The summed E-state index contributed by atoms with van der Waals surface area (Å²) in [5, 5.41) is 20.5. The summed E-state index contributed by atoms with van der Waals surface area (Å²) in [6.45, 7) is 1.92. The van der Waals surface area contributed by atoms with E-state index in [-0.39, 0.29) is 18.4 Å². The molecule has 0 radical (unpaired) electrons. The second-order valence-electron chi connectivity index (χ2n) is 7.52. The third-order valence-electron chi connectivity index (χ3n) is 5.49. The number of nitrogens with zero attached hydrogens (tertiary/aromatic N) is 3. The summed E-state index contributed by atoms with van der Waals surface area (Å²) in [5.74, 6) is 0.919. The first kappa shape index (κ1) is 19.6. The van der Waals surface area contributed by atoms with Gasteiger partial charge in [0.25, 0.3) is 11.6 Å². The van der Waals surface area contributed by atoms with Crippen molar-refractivity contribution in [1.82, 2.24) is 5.01 Å². The number of fused-ring (bicyclic) bond motifs is 2. The third kappa shape index (κ3) is 3.20. The Balaban J connectivity index is 1.59. The van der Waals surface area contributed by atoms with E-state index in [4.69, 9.17) is 9.47 Å². The van der Waals surface area contributed by atoms with Crippen molar-refractivity contribution < 1.29 is 19.2 Å². The maximum Gasteiger partial charge on any atom is 0.278 e. The number of amides is 1. The van der Waals surface area contributed by atoms with Gasteiger partial charge in [-0.15, -0.1) is 0 Å². The SMILES string of the molecule is CC1(c2cccc([N+](=O)[O-])c2)Nc2ccccc2C(=O)N1N=Cc1ccc2c(c1)OCO2. The minimum absolute atomic E-state index is 0.0727. The first-order valence-corrected chi connectivity index (χ1v) is 9.86. The van der Waals surface area contributed by atoms with E-state index in [1.54, 1.807) is 61.7 Å². The number of hydrogen-bond acceptors (Lipinski definition) is 7. The molecular formula is C23H18N4O5. The van der Waals surface area contributed by atoms with E-state index >= 15 is 0 Å². The van der Waals surface area contributed by atoms with Crippen molar-refractivity contribution in [2.75, 3.05) is 12.1 Å². The number of para-hydroxylation sites is 1. The van der Waals surface area contributed by atoms with Crippen molar-refractivity contribution in [3.05, 3.63) is 93.5 Å². The molecule has 3 aromatic carbocycles. The van der Waals surface area contributed by atoms with Crippen LogP contribution >= 0.6 is 0 Å². The van der Waals surface area contributed by atoms with E-state index in [9.17, 15) is 14.9 Å². The van der Waals surface area contributed by atoms with Crippen LogP contribution < -0.4 is 14.8 Å². The van der Waals surface area contributed by atoms with Crippen LogP contribution in [0.3, 0.4) is 0 Å². The molecule has 0 fully saturated rings. The number of carbonyl (C=O) groups excluding carboxylic acids is 1. The Kier molecular flexibility index (Phi) is 4.51. The Hall–Kier alpha value is -4.40. The fourth-order valence-electron chi connectivity index (χ4n) is 3.81. The molecular weight excluding hydrogens is 412 g/mol. The van der Waals surface area contributed by atoms with Crippen LogP contribution in [0, 0.1) is 10.1 Å². The topological polar surface area (TPSA) is 106 Å². The predicted molar refractivity (Wildman–Crippen MR) is 117 cm³/mol. The van der Waals surface area contributed by atoms with Crippen molar-refractivity contribution in [2.45, 2.75) is 12.6 Å². The standard InChI is InChI=1S/C23H18N4O5/c1-23(16-5-4-6-17(12-16)27(29)30)25-19-8-3-2-7-18(19)22(28)26(23)24-13-15-9-10-20-21(11-15)32-14-31-20/h2-13,25H,14H2,1H3. The monoisotopic (exact) mass is 430 g/mol. The molecule has 3 aromatic rings. The predicted octanol–water partition coefficient (Wildman–Crippen LogP) is 4.10. The van der Waals surface area contributed by atoms with Gasteiger partial charge in [-0.3, -0.25) is 14.9 Å². The van der Waals surface area contributed by atoms with Gasteiger partial charge in [0.2, 0.25) is 6.79 Å². The Morgan fingerprint density at radius 3 is 2.75 bits per heavy atom. The fraction of sp³-hybridized carbons (Fsp3) is 0.130. The lowest BCUT2D eigenvalue weighted by atomic mass is 9.95. The summed E-state index contributed by atoms with van der Waals surface area (Å²) >= 11 is 0. The zero-order chi connectivity index (χ0) is 22.3. The van der Waals surface area contributed by atoms with Gasteiger partial charge in [-0.2, -0.15) is 10.1 Å². The Morgan fingerprint density at radius 2 is 1.91 bits per heavy atom. The molecule has 2 aliphatic heterocycles. The summed E-state index contributed by atoms with van der Waals surface area (Å²) in [4.78, 5) is 24.3. The minimum Gasteiger partial charge on any atom is -0.454 e. The van der Waals surface area contributed by atoms with Crippen LogP contribution in [0.4, 0.5) is 11.4 Å². The summed E-state index contributed by atoms with van der Waals surface area (Å²) in [7, 11) is 0. The number of hydrogen-bond donors (Lipinski definition) is 1. The van der Waals surface area contributed by atoms with Gasteiger partial charge in [0.05, 0.1) is 16.7 Å². The lowest BCUT2D eigenvalue weighted by molar-refractivity contribution is -0.385. The molecule has 0 bridgehead atoms. The van der Waals surface area contributed by atoms with Gasteiger partial charge in [0.1, 0.15) is 0 Å². The van der Waals surface area contributed by atoms with Crippen molar-refractivity contribution in [1.29, 1.82) is 0 Å². The lowest BCUT2D eigenvalue weighted by Gasteiger charge is -2.43. The highest BCUT2D eigenvalue weighted by Crippen LogP contribution is 2.39. The molecule has 2 heterocycles. The van der Waals surface area contributed by atoms with Crippen LogP contribution in [0.2, 0.25) is 0 Å². The number of nitrogens with one attached hydrogen (secondary N) is 1. The molecule has 2 aliphatic rings. The van der Waals surface area contributed by atoms with Gasteiger partial charge in [-0.05, 0) is 42.8 Å². The van der Waals surface area contributed by atoms with E-state index in [1.807, 2.05) is 6.07 Å². The number of ether oxygens (including phenoxy) is 2. The number of benzene rings is 3. The van der Waals surface area contributed by atoms with Crippen molar-refractivity contribution in [2.24, 2.45) is 5.10 Å². The normalized spacial score (nSPS) is 19.0. The average molecular weight is 430 g/mol. The molecule has 1 atom stereocenters. The summed E-state index contributed by atoms with van der Waals surface area (Å²) in [6, 6.07) is 18.6. The van der Waals surface area contributed by atoms with Gasteiger partial charge in [-0.1, -0.05) is 24.3 Å². The van der Waals surface area contributed by atoms with E-state index in [2.05, 4.69) is 10.4 Å². The first-order chi connectivity index (χ1) is 15.5. The largest absolute Gasteiger partial charge is 0.454 e. The molecule has 9 nitrogen and oxygen atoms in total. The van der Waals surface area contributed by atoms with Gasteiger partial charge in [-0.25, -0.2) is 0 Å². The number of anilines is 1. The molecule has 1 amide bonds. The Bertz CT molecular complexity index is 1270. The molecule has 0 aromatic heterocycles. The number of nitro benzene ring substituents is 1. The minimum atomic E-state index is -1.16. The average Bonchev–Trinajstić information content (AvgIpc) is 3.27. The van der Waals surface area contributed by atoms with Gasteiger partial charge >= 0.3 is 0 Å². The van der Waals surface area contributed by atoms with Crippen LogP contribution in [0.15, 0.2) is 71.8 Å². The Morgan fingerprint density at radius 1 is 1.09 bits per heavy atom. The highest BCUT2D eigenvalue weighted by Gasteiger charge is 2.43. The summed E-state index contributed by atoms with van der Waals surface area (Å²) < 4.78 is 10.7. The molecule has 1 unspecified atom stereocenters. The van der Waals surface area contributed by atoms with Gasteiger partial charge in [0.15, 0.2) is 17.2 Å². The quantitative estimate of drug-likeness (QED) is 0.379. The highest BCUT2D eigenvalue weighted by molar-refractivity contribution is 6.02. The smallest absolute Gasteiger partial charge is 0.278 e. The zero-order valence-electron chi connectivity index (χ0n) is 17.0. The van der Waals surface area contributed by atoms with Gasteiger partial charge < -0.3 is 14.8 Å². The van der Waals surface area contributed by atoms with Crippen LogP contribution in [0.5, 0.6) is 11.5 Å². The molecule has 1 N–H and O–H groups in total. The molecule has 0 saturated carbocycles. The number of nitro groups is 1. The molecule has 32 heavy (non-hydrogen) atoms. The summed E-state index contributed by atoms with van der Waals surface area (Å²) in [6.07, 6.45) is 1.55. The molecule has 0 spiro atoms. The lowest BCUT2D eigenvalue weighted by Crippen LogP contribution is -2.53. The number of hydrazone groups is 1. The van der Waals surface area contributed by atoms with E-state index < -0.39 is 10.6 Å². The van der Waals surface area contributed by atoms with Crippen LogP contribution in [-0.2, 0) is 5.66 Å². The van der Waals surface area contributed by atoms with Crippen LogP contribution in [0.1, 0.15) is 28.4 Å². The second kappa shape index (κ2) is 7.38. The number of rotatable bonds is 4. The van der Waals surface area contributed by atoms with Crippen LogP contribution in [-0.4, -0.2) is 28.8 Å². The van der Waals surface area contributed by atoms with E-state index in [1.165, 1.54) is 17.1 Å². The second-order valence-corrected chi connectivity index (χ2v) is 7.52. The molecule has 0 saturated heterocycles. The highest BCUT2D eigenvalue weighted by atomic mass is 16.7. The molecule has 9 heteroatoms. The van der Waals surface area contributed by atoms with Crippen molar-refractivity contribution in [3.8, 4) is 11.5 Å².